The van der Waals surface area contributed by atoms with Crippen molar-refractivity contribution < 1.29 is 62.4 Å². The molecule has 0 aliphatic heterocycles. The fourth-order valence-electron chi connectivity index (χ4n) is 0.168. The Bertz CT molecular complexity index is 81.6. The Morgan fingerprint density at radius 1 is 1.00 bits per heavy atom. The molecule has 0 saturated carbocycles. The van der Waals surface area contributed by atoms with Crippen molar-refractivity contribution in [3.05, 3.63) is 0 Å². The first-order valence-electron chi connectivity index (χ1n) is 1.69. The van der Waals surface area contributed by atoms with Gasteiger partial charge in [-0.05, 0) is 0 Å². The summed E-state index contributed by atoms with van der Waals surface area (Å²) in [6.07, 6.45) is 0. The summed E-state index contributed by atoms with van der Waals surface area (Å²) in [7, 11) is -10.9. The molecule has 7 nitrogen and oxygen atoms in total. The molecule has 0 aliphatic carbocycles. The summed E-state index contributed by atoms with van der Waals surface area (Å²) in [5.41, 5.74) is 0. The quantitative estimate of drug-likeness (QED) is 0.403. The molecule has 0 rings (SSSR count). The summed E-state index contributed by atoms with van der Waals surface area (Å²) >= 11 is 0. The zero-order chi connectivity index (χ0) is 7.71. The molecule has 0 fully saturated rings. The maximum Gasteiger partial charge on any atom is 2.00 e. The van der Waals surface area contributed by atoms with Crippen LogP contribution >= 0.6 is 0 Å². The first-order chi connectivity index (χ1) is 3.71. The van der Waals surface area contributed by atoms with Gasteiger partial charge >= 0.3 is 76.3 Å². The largest absolute Gasteiger partial charge is 2.00 e. The Labute approximate surface area is 117 Å². The van der Waals surface area contributed by atoms with E-state index in [1.807, 2.05) is 0 Å². The van der Waals surface area contributed by atoms with Gasteiger partial charge in [-0.25, -0.2) is 0 Å². The van der Waals surface area contributed by atoms with E-state index < -0.39 is 18.1 Å². The molecule has 56 valence electrons. The topological polar surface area (TPSA) is 139 Å². The second kappa shape index (κ2) is 6.81. The Morgan fingerprint density at radius 3 is 1.27 bits per heavy atom. The standard InChI is InChI=1S/Ca.Na.H3O7Si2/c;;1-8(2,3)7-9(4,5)6/h;;1-3H/q+2;+1;-3. The van der Waals surface area contributed by atoms with Crippen LogP contribution in [0.4, 0.5) is 0 Å². The van der Waals surface area contributed by atoms with Crippen LogP contribution in [0.15, 0.2) is 0 Å². The van der Waals surface area contributed by atoms with Crippen LogP contribution in [-0.2, 0) is 4.12 Å². The monoisotopic (exact) mass is 234 g/mol. The Hall–Kier alpha value is 2.41. The van der Waals surface area contributed by atoms with Gasteiger partial charge in [-0.15, -0.1) is 9.05 Å². The fourth-order valence-corrected chi connectivity index (χ4v) is 1.51. The van der Waals surface area contributed by atoms with Crippen molar-refractivity contribution in [1.82, 2.24) is 0 Å². The molecule has 11 heteroatoms. The van der Waals surface area contributed by atoms with Crippen LogP contribution in [-0.4, -0.2) is 70.2 Å². The van der Waals surface area contributed by atoms with Crippen LogP contribution in [0.3, 0.4) is 0 Å². The van der Waals surface area contributed by atoms with Gasteiger partial charge in [-0.3, -0.25) is 0 Å². The molecule has 0 heterocycles. The predicted octanol–water partition coefficient (Wildman–Crippen LogP) is -9.44. The van der Waals surface area contributed by atoms with E-state index in [1.165, 1.54) is 0 Å². The molecule has 0 unspecified atom stereocenters. The maximum absolute atomic E-state index is 9.48. The zero-order valence-corrected chi connectivity index (χ0v) is 11.9. The van der Waals surface area contributed by atoms with Gasteiger partial charge in [0.05, 0.1) is 0 Å². The first-order valence-corrected chi connectivity index (χ1v) is 5.07. The van der Waals surface area contributed by atoms with E-state index in [1.54, 1.807) is 0 Å². The van der Waals surface area contributed by atoms with Crippen molar-refractivity contribution in [3.63, 3.8) is 0 Å². The second-order valence-corrected chi connectivity index (χ2v) is 4.14. The van der Waals surface area contributed by atoms with E-state index in [0.717, 1.165) is 0 Å². The molecule has 0 radical (unpaired) electrons. The summed E-state index contributed by atoms with van der Waals surface area (Å²) in [5.74, 6) is 0. The summed E-state index contributed by atoms with van der Waals surface area (Å²) < 4.78 is 2.90. The molecule has 0 aromatic heterocycles. The second-order valence-electron chi connectivity index (χ2n) is 1.18. The molecule has 0 amide bonds. The molecule has 0 saturated heterocycles. The van der Waals surface area contributed by atoms with E-state index >= 15 is 0 Å². The van der Waals surface area contributed by atoms with E-state index in [0.29, 0.717) is 0 Å². The van der Waals surface area contributed by atoms with Crippen LogP contribution in [0.1, 0.15) is 0 Å². The van der Waals surface area contributed by atoms with Crippen molar-refractivity contribution in [2.45, 2.75) is 0 Å². The third-order valence-corrected chi connectivity index (χ3v) is 2.36. The minimum absolute atomic E-state index is 0. The zero-order valence-electron chi connectivity index (χ0n) is 5.68. The Morgan fingerprint density at radius 2 is 1.27 bits per heavy atom. The molecule has 11 heavy (non-hydrogen) atoms. The average molecular weight is 234 g/mol. The van der Waals surface area contributed by atoms with Gasteiger partial charge in [0.2, 0.25) is 0 Å². The maximum atomic E-state index is 9.48. The third-order valence-electron chi connectivity index (χ3n) is 0.262. The first kappa shape index (κ1) is 19.1. The third kappa shape index (κ3) is 19.0. The molecule has 3 N–H and O–H groups in total. The van der Waals surface area contributed by atoms with Gasteiger partial charge in [0.15, 0.2) is 0 Å². The van der Waals surface area contributed by atoms with Crippen molar-refractivity contribution in [1.29, 1.82) is 0 Å². The minimum Gasteiger partial charge on any atom is -0.861 e. The molecule has 0 atom stereocenters. The van der Waals surface area contributed by atoms with Gasteiger partial charge in [-0.2, -0.15) is 0 Å². The molecule has 0 aromatic carbocycles. The SMILES string of the molecule is [Ca+2].[Na+].[O-][Si]([O-])([O-])O[Si](O)(O)O. The van der Waals surface area contributed by atoms with Gasteiger partial charge < -0.3 is 32.9 Å². The Kier molecular flexibility index (Phi) is 11.8. The number of hydrogen-bond donors (Lipinski definition) is 3. The van der Waals surface area contributed by atoms with Crippen LogP contribution in [0.5, 0.6) is 0 Å². The molecular weight excluding hydrogens is 231 g/mol. The van der Waals surface area contributed by atoms with Crippen molar-refractivity contribution in [2.75, 3.05) is 0 Å². The van der Waals surface area contributed by atoms with Gasteiger partial charge in [0.1, 0.15) is 0 Å². The van der Waals surface area contributed by atoms with Gasteiger partial charge in [-0.1, -0.05) is 0 Å². The minimum atomic E-state index is -5.73. The normalized spacial score (nSPS) is 11.5. The summed E-state index contributed by atoms with van der Waals surface area (Å²) in [5, 5.41) is 0. The summed E-state index contributed by atoms with van der Waals surface area (Å²) in [4.78, 5) is 51.9. The van der Waals surface area contributed by atoms with Crippen molar-refractivity contribution >= 4 is 55.8 Å². The van der Waals surface area contributed by atoms with E-state index in [2.05, 4.69) is 4.12 Å². The van der Waals surface area contributed by atoms with Gasteiger partial charge in [0, 0.05) is 0 Å². The van der Waals surface area contributed by atoms with Crippen LogP contribution in [0.2, 0.25) is 0 Å². The number of rotatable bonds is 2. The smallest absolute Gasteiger partial charge is 0.861 e. The number of hydrogen-bond acceptors (Lipinski definition) is 7. The average Bonchev–Trinajstić information content (AvgIpc) is 1.14. The van der Waals surface area contributed by atoms with E-state index in [-0.39, 0.29) is 67.3 Å². The molecule has 0 spiro atoms. The van der Waals surface area contributed by atoms with Crippen molar-refractivity contribution in [2.24, 2.45) is 0 Å². The van der Waals surface area contributed by atoms with E-state index in [9.17, 15) is 14.4 Å². The van der Waals surface area contributed by atoms with Gasteiger partial charge in [0.25, 0.3) is 0 Å². The summed E-state index contributed by atoms with van der Waals surface area (Å²) in [6.45, 7) is 0. The molecule has 0 bridgehead atoms. The Balaban J connectivity index is -0.000000320. The summed E-state index contributed by atoms with van der Waals surface area (Å²) in [6, 6.07) is 0. The fraction of sp³-hybridized carbons (Fsp3) is 0. The van der Waals surface area contributed by atoms with Crippen LogP contribution < -0.4 is 43.9 Å². The van der Waals surface area contributed by atoms with E-state index in [4.69, 9.17) is 14.4 Å². The van der Waals surface area contributed by atoms with Crippen LogP contribution in [0.25, 0.3) is 0 Å². The van der Waals surface area contributed by atoms with Crippen molar-refractivity contribution in [3.8, 4) is 0 Å². The molecule has 0 aromatic rings. The predicted molar refractivity (Wildman–Crippen MR) is 25.0 cm³/mol. The molecular formula is H3CaNaO7Si2. The van der Waals surface area contributed by atoms with Crippen LogP contribution in [0, 0.1) is 0 Å². The molecule has 0 aliphatic rings.